The summed E-state index contributed by atoms with van der Waals surface area (Å²) in [4.78, 5) is 20.8. The summed E-state index contributed by atoms with van der Waals surface area (Å²) >= 11 is 5.69. The molecule has 0 spiro atoms. The molecule has 0 aliphatic carbocycles. The Morgan fingerprint density at radius 1 is 1.17 bits per heavy atom. The molecule has 0 aliphatic rings. The van der Waals surface area contributed by atoms with E-state index < -0.39 is 43.4 Å². The average Bonchev–Trinajstić information content (AvgIpc) is 2.76. The lowest BCUT2D eigenvalue weighted by atomic mass is 10.1. The second kappa shape index (κ2) is 9.73. The highest BCUT2D eigenvalue weighted by Crippen LogP contribution is 2.23. The Balaban J connectivity index is 1.91. The van der Waals surface area contributed by atoms with Gasteiger partial charge in [0.25, 0.3) is 5.56 Å². The third-order valence-electron chi connectivity index (χ3n) is 4.44. The minimum atomic E-state index is -1.06. The van der Waals surface area contributed by atoms with Gasteiger partial charge in [-0.2, -0.15) is 0 Å². The molecule has 0 bridgehead atoms. The molecule has 2 heterocycles. The quantitative estimate of drug-likeness (QED) is 0.563. The molecule has 0 radical (unpaired) electrons. The van der Waals surface area contributed by atoms with Crippen molar-refractivity contribution >= 4 is 17.5 Å². The number of hydrogen-bond donors (Lipinski definition) is 2. The van der Waals surface area contributed by atoms with Crippen LogP contribution in [0.15, 0.2) is 53.6 Å². The Hall–Kier alpha value is -2.91. The molecule has 0 amide bonds. The van der Waals surface area contributed by atoms with E-state index in [2.05, 4.69) is 15.3 Å². The van der Waals surface area contributed by atoms with Crippen molar-refractivity contribution in [2.75, 3.05) is 25.3 Å². The van der Waals surface area contributed by atoms with Crippen LogP contribution in [0.3, 0.4) is 0 Å². The van der Waals surface area contributed by atoms with Gasteiger partial charge in [-0.25, -0.2) is 23.1 Å². The molecule has 2 N–H and O–H groups in total. The largest absolute Gasteiger partial charge is 0.394 e. The van der Waals surface area contributed by atoms with Crippen molar-refractivity contribution in [1.29, 1.82) is 0 Å². The zero-order valence-electron chi connectivity index (χ0n) is 15.6. The van der Waals surface area contributed by atoms with E-state index in [9.17, 15) is 23.1 Å². The van der Waals surface area contributed by atoms with Crippen LogP contribution in [0.5, 0.6) is 0 Å². The van der Waals surface area contributed by atoms with E-state index in [0.29, 0.717) is 16.8 Å². The number of aliphatic hydroxyl groups excluding tert-OH is 1. The molecule has 1 aromatic carbocycles. The number of nitrogens with zero attached hydrogens (tertiary/aromatic N) is 3. The maximum absolute atomic E-state index is 13.8. The van der Waals surface area contributed by atoms with Crippen LogP contribution in [0.4, 0.5) is 19.1 Å². The fourth-order valence-corrected chi connectivity index (χ4v) is 2.99. The molecule has 3 rings (SSSR count). The lowest BCUT2D eigenvalue weighted by Crippen LogP contribution is -2.27. The highest BCUT2D eigenvalue weighted by atomic mass is 35.5. The van der Waals surface area contributed by atoms with Crippen molar-refractivity contribution in [3.63, 3.8) is 0 Å². The number of anilines is 1. The van der Waals surface area contributed by atoms with E-state index in [1.54, 1.807) is 12.1 Å². The molecule has 10 heteroatoms. The number of aliphatic hydroxyl groups is 1. The molecule has 2 aromatic heterocycles. The van der Waals surface area contributed by atoms with Gasteiger partial charge < -0.3 is 15.0 Å². The van der Waals surface area contributed by atoms with Crippen LogP contribution in [0.25, 0.3) is 11.3 Å². The number of hydrogen-bond acceptors (Lipinski definition) is 5. The van der Waals surface area contributed by atoms with E-state index in [-0.39, 0.29) is 11.0 Å². The third kappa shape index (κ3) is 4.80. The van der Waals surface area contributed by atoms with Crippen LogP contribution in [-0.4, -0.2) is 45.6 Å². The number of nitrogens with one attached hydrogen (secondary N) is 1. The second-order valence-electron chi connectivity index (χ2n) is 6.45. The van der Waals surface area contributed by atoms with Crippen LogP contribution in [0.1, 0.15) is 11.6 Å². The molecule has 6 nitrogen and oxygen atoms in total. The first kappa shape index (κ1) is 21.8. The Kier molecular flexibility index (Phi) is 7.07. The predicted molar refractivity (Wildman–Crippen MR) is 108 cm³/mol. The Morgan fingerprint density at radius 3 is 2.57 bits per heavy atom. The lowest BCUT2D eigenvalue weighted by Gasteiger charge is -2.19. The van der Waals surface area contributed by atoms with Gasteiger partial charge in [0.2, 0.25) is 5.95 Å². The average molecular weight is 439 g/mol. The first-order valence-corrected chi connectivity index (χ1v) is 9.34. The summed E-state index contributed by atoms with van der Waals surface area (Å²) < 4.78 is 40.5. The van der Waals surface area contributed by atoms with Gasteiger partial charge in [0.05, 0.1) is 29.4 Å². The van der Waals surface area contributed by atoms with Gasteiger partial charge >= 0.3 is 0 Å². The topological polar surface area (TPSA) is 80.0 Å². The fourth-order valence-electron chi connectivity index (χ4n) is 2.87. The van der Waals surface area contributed by atoms with E-state index in [4.69, 9.17) is 11.6 Å². The number of alkyl halides is 2. The molecular formula is C20H18ClF3N4O2. The van der Waals surface area contributed by atoms with Crippen LogP contribution >= 0.6 is 11.6 Å². The number of halogens is 4. The Bertz CT molecular complexity index is 1080. The van der Waals surface area contributed by atoms with Gasteiger partial charge in [-0.05, 0) is 29.8 Å². The first-order chi connectivity index (χ1) is 14.5. The number of pyridine rings is 1. The summed E-state index contributed by atoms with van der Waals surface area (Å²) in [7, 11) is 0. The summed E-state index contributed by atoms with van der Waals surface area (Å²) in [5, 5.41) is 12.2. The normalized spacial score (nSPS) is 12.2. The summed E-state index contributed by atoms with van der Waals surface area (Å²) in [5.74, 6) is -0.625. The van der Waals surface area contributed by atoms with Crippen LogP contribution < -0.4 is 10.9 Å². The van der Waals surface area contributed by atoms with E-state index in [1.807, 2.05) is 0 Å². The minimum absolute atomic E-state index is 0.0295. The van der Waals surface area contributed by atoms with Crippen molar-refractivity contribution < 1.29 is 18.3 Å². The van der Waals surface area contributed by atoms with Gasteiger partial charge in [-0.15, -0.1) is 0 Å². The SMILES string of the molecule is O=c1cc(-c2ccnc(NC(CF)CF)n2)ccn1[C@H](CO)c1ccc(Cl)c(F)c1. The van der Waals surface area contributed by atoms with E-state index in [0.717, 1.165) is 6.07 Å². The lowest BCUT2D eigenvalue weighted by molar-refractivity contribution is 0.247. The van der Waals surface area contributed by atoms with Crippen molar-refractivity contribution in [3.8, 4) is 11.3 Å². The number of benzene rings is 1. The van der Waals surface area contributed by atoms with Crippen molar-refractivity contribution in [1.82, 2.24) is 14.5 Å². The highest BCUT2D eigenvalue weighted by Gasteiger charge is 2.17. The molecule has 0 saturated heterocycles. The van der Waals surface area contributed by atoms with E-state index >= 15 is 0 Å². The standard InChI is InChI=1S/C20H18ClF3N4O2/c21-15-2-1-13(7-16(15)24)18(11-29)28-6-4-12(8-19(28)30)17-3-5-25-20(27-17)26-14(9-22)10-23/h1-8,14,18,29H,9-11H2,(H,25,26,27)/t18-/m1/s1. The molecule has 1 atom stereocenters. The molecule has 3 aromatic rings. The molecule has 0 fully saturated rings. The van der Waals surface area contributed by atoms with Crippen molar-refractivity contribution in [3.05, 3.63) is 75.5 Å². The zero-order valence-corrected chi connectivity index (χ0v) is 16.4. The van der Waals surface area contributed by atoms with Crippen LogP contribution in [0, 0.1) is 5.82 Å². The number of aromatic nitrogens is 3. The van der Waals surface area contributed by atoms with Gasteiger partial charge in [-0.1, -0.05) is 17.7 Å². The predicted octanol–water partition coefficient (Wildman–Crippen LogP) is 3.40. The molecule has 30 heavy (non-hydrogen) atoms. The first-order valence-electron chi connectivity index (χ1n) is 8.96. The van der Waals surface area contributed by atoms with Crippen LogP contribution in [0.2, 0.25) is 5.02 Å². The minimum Gasteiger partial charge on any atom is -0.394 e. The maximum atomic E-state index is 13.8. The summed E-state index contributed by atoms with van der Waals surface area (Å²) in [5.41, 5.74) is 0.732. The maximum Gasteiger partial charge on any atom is 0.251 e. The summed E-state index contributed by atoms with van der Waals surface area (Å²) in [6.45, 7) is -2.28. The van der Waals surface area contributed by atoms with Gasteiger partial charge in [0.1, 0.15) is 19.2 Å². The third-order valence-corrected chi connectivity index (χ3v) is 4.75. The Morgan fingerprint density at radius 2 is 1.93 bits per heavy atom. The monoisotopic (exact) mass is 438 g/mol. The summed E-state index contributed by atoms with van der Waals surface area (Å²) in [6.07, 6.45) is 2.85. The summed E-state index contributed by atoms with van der Waals surface area (Å²) in [6, 6.07) is 6.61. The zero-order chi connectivity index (χ0) is 21.7. The second-order valence-corrected chi connectivity index (χ2v) is 6.86. The molecule has 0 unspecified atom stereocenters. The molecule has 0 aliphatic heterocycles. The van der Waals surface area contributed by atoms with Gasteiger partial charge in [-0.3, -0.25) is 4.79 Å². The smallest absolute Gasteiger partial charge is 0.251 e. The highest BCUT2D eigenvalue weighted by molar-refractivity contribution is 6.30. The van der Waals surface area contributed by atoms with Gasteiger partial charge in [0, 0.05) is 24.0 Å². The van der Waals surface area contributed by atoms with Crippen molar-refractivity contribution in [2.24, 2.45) is 0 Å². The van der Waals surface area contributed by atoms with E-state index in [1.165, 1.54) is 35.2 Å². The number of rotatable bonds is 8. The Labute approximate surface area is 175 Å². The fraction of sp³-hybridized carbons (Fsp3) is 0.250. The molecule has 0 saturated carbocycles. The molecule has 158 valence electrons. The van der Waals surface area contributed by atoms with Gasteiger partial charge in [0.15, 0.2) is 0 Å². The van der Waals surface area contributed by atoms with Crippen molar-refractivity contribution in [2.45, 2.75) is 12.1 Å². The molecular weight excluding hydrogens is 421 g/mol. The van der Waals surface area contributed by atoms with Crippen LogP contribution in [-0.2, 0) is 0 Å².